The van der Waals surface area contributed by atoms with Crippen molar-refractivity contribution < 1.29 is 9.53 Å². The van der Waals surface area contributed by atoms with Crippen molar-refractivity contribution in [2.45, 2.75) is 26.4 Å². The number of hydrogen-bond acceptors (Lipinski definition) is 3. The maximum atomic E-state index is 12.9. The molecular weight excluding hydrogens is 348 g/mol. The lowest BCUT2D eigenvalue weighted by Crippen LogP contribution is -2.40. The molecule has 0 radical (unpaired) electrons. The molecule has 1 amide bonds. The third kappa shape index (κ3) is 4.77. The second-order valence-electron chi connectivity index (χ2n) is 6.68. The molecule has 140 valence electrons. The van der Waals surface area contributed by atoms with Gasteiger partial charge in [0, 0.05) is 13.1 Å². The lowest BCUT2D eigenvalue weighted by molar-refractivity contribution is 0.0688. The lowest BCUT2D eigenvalue weighted by Gasteiger charge is -2.31. The molecule has 0 aromatic heterocycles. The summed E-state index contributed by atoms with van der Waals surface area (Å²) in [6, 6.07) is 15.7. The normalized spacial score (nSPS) is 14.6. The maximum Gasteiger partial charge on any atom is 0.257 e. The molecule has 1 fully saturated rings. The Balaban J connectivity index is 0.00000243. The number of rotatable bonds is 5. The molecule has 0 spiro atoms. The van der Waals surface area contributed by atoms with E-state index in [1.165, 1.54) is 5.56 Å². The highest BCUT2D eigenvalue weighted by Crippen LogP contribution is 2.24. The first-order chi connectivity index (χ1) is 12.2. The summed E-state index contributed by atoms with van der Waals surface area (Å²) in [5.41, 5.74) is 8.71. The van der Waals surface area contributed by atoms with Crippen LogP contribution >= 0.6 is 12.4 Å². The van der Waals surface area contributed by atoms with Crippen LogP contribution in [0.25, 0.3) is 0 Å². The first-order valence-corrected chi connectivity index (χ1v) is 8.94. The minimum Gasteiger partial charge on any atom is -0.488 e. The summed E-state index contributed by atoms with van der Waals surface area (Å²) in [6.07, 6.45) is 1.96. The zero-order valence-electron chi connectivity index (χ0n) is 15.2. The number of benzene rings is 2. The van der Waals surface area contributed by atoms with Crippen LogP contribution in [-0.2, 0) is 6.61 Å². The van der Waals surface area contributed by atoms with Gasteiger partial charge in [-0.2, -0.15) is 0 Å². The number of nitrogens with two attached hydrogens (primary N) is 1. The van der Waals surface area contributed by atoms with Crippen molar-refractivity contribution in [2.75, 3.05) is 19.6 Å². The van der Waals surface area contributed by atoms with E-state index in [9.17, 15) is 4.79 Å². The van der Waals surface area contributed by atoms with Crippen LogP contribution in [-0.4, -0.2) is 30.4 Å². The second-order valence-corrected chi connectivity index (χ2v) is 6.68. The molecule has 1 aliphatic rings. The van der Waals surface area contributed by atoms with E-state index in [2.05, 4.69) is 19.1 Å². The highest BCUT2D eigenvalue weighted by Gasteiger charge is 2.24. The summed E-state index contributed by atoms with van der Waals surface area (Å²) in [7, 11) is 0. The quantitative estimate of drug-likeness (QED) is 0.865. The molecule has 2 aromatic rings. The smallest absolute Gasteiger partial charge is 0.257 e. The van der Waals surface area contributed by atoms with Gasteiger partial charge in [-0.25, -0.2) is 0 Å². The summed E-state index contributed by atoms with van der Waals surface area (Å²) in [6.45, 7) is 4.78. The van der Waals surface area contributed by atoms with Crippen LogP contribution in [0, 0.1) is 12.8 Å². The first kappa shape index (κ1) is 20.3. The summed E-state index contributed by atoms with van der Waals surface area (Å²) in [4.78, 5) is 14.8. The van der Waals surface area contributed by atoms with Gasteiger partial charge in [-0.15, -0.1) is 12.4 Å². The van der Waals surface area contributed by atoms with Crippen LogP contribution in [0.2, 0.25) is 0 Å². The fraction of sp³-hybridized carbons (Fsp3) is 0.381. The molecule has 3 rings (SSSR count). The zero-order valence-corrected chi connectivity index (χ0v) is 16.0. The van der Waals surface area contributed by atoms with E-state index < -0.39 is 0 Å². The topological polar surface area (TPSA) is 55.6 Å². The molecule has 0 bridgehead atoms. The molecule has 0 unspecified atom stereocenters. The van der Waals surface area contributed by atoms with Crippen LogP contribution in [0.3, 0.4) is 0 Å². The average Bonchev–Trinajstić information content (AvgIpc) is 2.67. The number of likely N-dealkylation sites (tertiary alicyclic amines) is 1. The average molecular weight is 375 g/mol. The second kappa shape index (κ2) is 9.60. The number of hydrogen-bond donors (Lipinski definition) is 1. The maximum absolute atomic E-state index is 12.9. The van der Waals surface area contributed by atoms with Crippen LogP contribution in [0.1, 0.15) is 34.3 Å². The van der Waals surface area contributed by atoms with Gasteiger partial charge in [-0.3, -0.25) is 4.79 Å². The van der Waals surface area contributed by atoms with Crippen molar-refractivity contribution >= 4 is 18.3 Å². The molecule has 1 aliphatic heterocycles. The van der Waals surface area contributed by atoms with Gasteiger partial charge in [0.15, 0.2) is 0 Å². The van der Waals surface area contributed by atoms with Gasteiger partial charge in [0.25, 0.3) is 5.91 Å². The van der Waals surface area contributed by atoms with Gasteiger partial charge in [0.1, 0.15) is 12.4 Å². The molecule has 0 atom stereocenters. The molecule has 0 aliphatic carbocycles. The highest BCUT2D eigenvalue weighted by atomic mass is 35.5. The lowest BCUT2D eigenvalue weighted by atomic mass is 9.96. The van der Waals surface area contributed by atoms with Crippen molar-refractivity contribution in [2.24, 2.45) is 11.7 Å². The minimum absolute atomic E-state index is 0. The standard InChI is InChI=1S/C21H26N2O2.ClH/c1-16-6-2-3-7-18(16)15-25-20-9-5-4-8-19(20)21(24)23-12-10-17(14-22)11-13-23;/h2-9,17H,10-15,22H2,1H3;1H. The van der Waals surface area contributed by atoms with Crippen molar-refractivity contribution in [1.82, 2.24) is 4.90 Å². The third-order valence-electron chi connectivity index (χ3n) is 5.00. The number of piperidine rings is 1. The van der Waals surface area contributed by atoms with Crippen LogP contribution in [0.5, 0.6) is 5.75 Å². The summed E-state index contributed by atoms with van der Waals surface area (Å²) >= 11 is 0. The Morgan fingerprint density at radius 3 is 2.46 bits per heavy atom. The van der Waals surface area contributed by atoms with Gasteiger partial charge >= 0.3 is 0 Å². The van der Waals surface area contributed by atoms with E-state index >= 15 is 0 Å². The Morgan fingerprint density at radius 2 is 1.77 bits per heavy atom. The van der Waals surface area contributed by atoms with Crippen LogP contribution in [0.4, 0.5) is 0 Å². The predicted molar refractivity (Wildman–Crippen MR) is 107 cm³/mol. The summed E-state index contributed by atoms with van der Waals surface area (Å²) in [5.74, 6) is 1.24. The van der Waals surface area contributed by atoms with Gasteiger partial charge < -0.3 is 15.4 Å². The van der Waals surface area contributed by atoms with Gasteiger partial charge in [-0.1, -0.05) is 36.4 Å². The molecule has 4 nitrogen and oxygen atoms in total. The van der Waals surface area contributed by atoms with Crippen molar-refractivity contribution in [3.8, 4) is 5.75 Å². The summed E-state index contributed by atoms with van der Waals surface area (Å²) < 4.78 is 5.99. The van der Waals surface area contributed by atoms with Crippen molar-refractivity contribution in [3.63, 3.8) is 0 Å². The molecule has 5 heteroatoms. The number of halogens is 1. The van der Waals surface area contributed by atoms with E-state index in [1.807, 2.05) is 41.3 Å². The number of carbonyl (C=O) groups excluding carboxylic acids is 1. The monoisotopic (exact) mass is 374 g/mol. The number of amides is 1. The molecule has 2 aromatic carbocycles. The Kier molecular flexibility index (Phi) is 7.49. The molecule has 1 saturated heterocycles. The van der Waals surface area contributed by atoms with Crippen molar-refractivity contribution in [3.05, 3.63) is 65.2 Å². The number of ether oxygens (including phenoxy) is 1. The number of nitrogens with zero attached hydrogens (tertiary/aromatic N) is 1. The van der Waals surface area contributed by atoms with Crippen molar-refractivity contribution in [1.29, 1.82) is 0 Å². The van der Waals surface area contributed by atoms with E-state index in [4.69, 9.17) is 10.5 Å². The Hall–Kier alpha value is -2.04. The number of carbonyl (C=O) groups is 1. The minimum atomic E-state index is 0. The van der Waals surface area contributed by atoms with E-state index in [0.29, 0.717) is 30.4 Å². The van der Waals surface area contributed by atoms with E-state index in [0.717, 1.165) is 31.5 Å². The van der Waals surface area contributed by atoms with Gasteiger partial charge in [0.05, 0.1) is 5.56 Å². The SMILES string of the molecule is Cc1ccccc1COc1ccccc1C(=O)N1CCC(CN)CC1.Cl. The molecular formula is C21H27ClN2O2. The number of para-hydroxylation sites is 1. The molecule has 1 heterocycles. The Morgan fingerprint density at radius 1 is 1.12 bits per heavy atom. The van der Waals surface area contributed by atoms with Gasteiger partial charge in [0.2, 0.25) is 0 Å². The summed E-state index contributed by atoms with van der Waals surface area (Å²) in [5, 5.41) is 0. The largest absolute Gasteiger partial charge is 0.488 e. The third-order valence-corrected chi connectivity index (χ3v) is 5.00. The molecule has 0 saturated carbocycles. The number of aryl methyl sites for hydroxylation is 1. The fourth-order valence-electron chi connectivity index (χ4n) is 3.24. The van der Waals surface area contributed by atoms with E-state index in [1.54, 1.807) is 0 Å². The van der Waals surface area contributed by atoms with E-state index in [-0.39, 0.29) is 18.3 Å². The highest BCUT2D eigenvalue weighted by molar-refractivity contribution is 5.97. The Labute approximate surface area is 161 Å². The van der Waals surface area contributed by atoms with Crippen LogP contribution in [0.15, 0.2) is 48.5 Å². The fourth-order valence-corrected chi connectivity index (χ4v) is 3.24. The molecule has 26 heavy (non-hydrogen) atoms. The Bertz CT molecular complexity index is 727. The van der Waals surface area contributed by atoms with Crippen LogP contribution < -0.4 is 10.5 Å². The molecule has 2 N–H and O–H groups in total. The first-order valence-electron chi connectivity index (χ1n) is 8.94. The zero-order chi connectivity index (χ0) is 17.6. The van der Waals surface area contributed by atoms with Gasteiger partial charge in [-0.05, 0) is 55.5 Å². The predicted octanol–water partition coefficient (Wildman–Crippen LogP) is 3.81.